The molecule has 1 aliphatic carbocycles. The number of carbonyl (C=O) groups excluding carboxylic acids is 2. The lowest BCUT2D eigenvalue weighted by Gasteiger charge is -2.16. The third-order valence-electron chi connectivity index (χ3n) is 3.29. The van der Waals surface area contributed by atoms with Crippen LogP contribution in [0, 0.1) is 11.7 Å². The minimum atomic E-state index is -0.622. The predicted octanol–water partition coefficient (Wildman–Crippen LogP) is 1.25. The summed E-state index contributed by atoms with van der Waals surface area (Å²) in [5.41, 5.74) is 5.91. The molecule has 1 atom stereocenters. The Morgan fingerprint density at radius 3 is 2.70 bits per heavy atom. The monoisotopic (exact) mass is 279 g/mol. The van der Waals surface area contributed by atoms with Gasteiger partial charge >= 0.3 is 0 Å². The molecule has 0 saturated heterocycles. The van der Waals surface area contributed by atoms with Crippen molar-refractivity contribution in [3.05, 3.63) is 29.6 Å². The van der Waals surface area contributed by atoms with Crippen LogP contribution in [0.5, 0.6) is 0 Å². The van der Waals surface area contributed by atoms with Gasteiger partial charge in [-0.15, -0.1) is 0 Å². The highest BCUT2D eigenvalue weighted by atomic mass is 19.1. The molecular formula is C14H18FN3O2. The molecule has 1 fully saturated rings. The lowest BCUT2D eigenvalue weighted by atomic mass is 10.1. The molecule has 0 aliphatic heterocycles. The largest absolute Gasteiger partial charge is 0.348 e. The number of benzene rings is 1. The van der Waals surface area contributed by atoms with Crippen LogP contribution in [0.1, 0.15) is 30.1 Å². The van der Waals surface area contributed by atoms with E-state index in [1.165, 1.54) is 19.1 Å². The number of hydrogen-bond acceptors (Lipinski definition) is 3. The second-order valence-electron chi connectivity index (χ2n) is 5.03. The van der Waals surface area contributed by atoms with Crippen LogP contribution in [-0.4, -0.2) is 24.4 Å². The zero-order valence-electron chi connectivity index (χ0n) is 11.3. The Morgan fingerprint density at radius 2 is 2.15 bits per heavy atom. The Hall–Kier alpha value is -1.95. The standard InChI is InChI=1S/C14H18FN3O2/c1-8(19)17-10-4-5-12(15)11(6-10)14(20)18-13(7-16)9-2-3-9/h4-6,9,13H,2-3,7,16H2,1H3,(H,17,19)(H,18,20). The minimum Gasteiger partial charge on any atom is -0.348 e. The van der Waals surface area contributed by atoms with Crippen molar-refractivity contribution >= 4 is 17.5 Å². The fourth-order valence-corrected chi connectivity index (χ4v) is 2.09. The van der Waals surface area contributed by atoms with Gasteiger partial charge in [-0.3, -0.25) is 9.59 Å². The van der Waals surface area contributed by atoms with Gasteiger partial charge in [-0.05, 0) is 37.0 Å². The lowest BCUT2D eigenvalue weighted by Crippen LogP contribution is -2.42. The van der Waals surface area contributed by atoms with Gasteiger partial charge in [0.25, 0.3) is 5.91 Å². The Bertz CT molecular complexity index is 529. The van der Waals surface area contributed by atoms with E-state index in [9.17, 15) is 14.0 Å². The molecule has 20 heavy (non-hydrogen) atoms. The Balaban J connectivity index is 2.13. The van der Waals surface area contributed by atoms with Gasteiger partial charge in [0.1, 0.15) is 5.82 Å². The highest BCUT2D eigenvalue weighted by Crippen LogP contribution is 2.32. The molecule has 0 bridgehead atoms. The zero-order chi connectivity index (χ0) is 14.7. The average molecular weight is 279 g/mol. The van der Waals surface area contributed by atoms with Crippen molar-refractivity contribution < 1.29 is 14.0 Å². The maximum absolute atomic E-state index is 13.7. The fraction of sp³-hybridized carbons (Fsp3) is 0.429. The summed E-state index contributed by atoms with van der Waals surface area (Å²) in [7, 11) is 0. The number of nitrogens with one attached hydrogen (secondary N) is 2. The molecular weight excluding hydrogens is 261 g/mol. The van der Waals surface area contributed by atoms with Crippen LogP contribution < -0.4 is 16.4 Å². The summed E-state index contributed by atoms with van der Waals surface area (Å²) in [6, 6.07) is 3.78. The number of hydrogen-bond donors (Lipinski definition) is 3. The van der Waals surface area contributed by atoms with Crippen LogP contribution in [0.4, 0.5) is 10.1 Å². The predicted molar refractivity (Wildman–Crippen MR) is 73.7 cm³/mol. The van der Waals surface area contributed by atoms with E-state index in [2.05, 4.69) is 10.6 Å². The van der Waals surface area contributed by atoms with E-state index in [-0.39, 0.29) is 17.5 Å². The first-order valence-electron chi connectivity index (χ1n) is 6.59. The van der Waals surface area contributed by atoms with Crippen molar-refractivity contribution in [1.82, 2.24) is 5.32 Å². The molecule has 108 valence electrons. The number of anilines is 1. The third-order valence-corrected chi connectivity index (χ3v) is 3.29. The van der Waals surface area contributed by atoms with Gasteiger partial charge in [-0.1, -0.05) is 0 Å². The molecule has 0 aromatic heterocycles. The summed E-state index contributed by atoms with van der Waals surface area (Å²) in [5.74, 6) is -1.01. The van der Waals surface area contributed by atoms with E-state index in [0.29, 0.717) is 18.2 Å². The van der Waals surface area contributed by atoms with Crippen LogP contribution in [0.3, 0.4) is 0 Å². The Labute approximate surface area is 116 Å². The van der Waals surface area contributed by atoms with Crippen LogP contribution >= 0.6 is 0 Å². The molecule has 1 aliphatic rings. The van der Waals surface area contributed by atoms with Crippen LogP contribution in [0.2, 0.25) is 0 Å². The third kappa shape index (κ3) is 3.54. The molecule has 6 heteroatoms. The van der Waals surface area contributed by atoms with E-state index in [0.717, 1.165) is 18.9 Å². The van der Waals surface area contributed by atoms with Gasteiger partial charge in [0.15, 0.2) is 0 Å². The highest BCUT2D eigenvalue weighted by molar-refractivity contribution is 5.97. The number of halogens is 1. The van der Waals surface area contributed by atoms with E-state index in [1.807, 2.05) is 0 Å². The molecule has 0 heterocycles. The first-order valence-corrected chi connectivity index (χ1v) is 6.59. The number of carbonyl (C=O) groups is 2. The molecule has 1 saturated carbocycles. The molecule has 1 unspecified atom stereocenters. The number of amides is 2. The van der Waals surface area contributed by atoms with Gasteiger partial charge < -0.3 is 16.4 Å². The number of nitrogens with two attached hydrogens (primary N) is 1. The van der Waals surface area contributed by atoms with Gasteiger partial charge in [0.2, 0.25) is 5.91 Å². The normalized spacial score (nSPS) is 15.6. The van der Waals surface area contributed by atoms with E-state index >= 15 is 0 Å². The smallest absolute Gasteiger partial charge is 0.254 e. The SMILES string of the molecule is CC(=O)Nc1ccc(F)c(C(=O)NC(CN)C2CC2)c1. The maximum atomic E-state index is 13.7. The first-order chi connectivity index (χ1) is 9.51. The molecule has 4 N–H and O–H groups in total. The highest BCUT2D eigenvalue weighted by Gasteiger charge is 2.31. The van der Waals surface area contributed by atoms with E-state index in [4.69, 9.17) is 5.73 Å². The maximum Gasteiger partial charge on any atom is 0.254 e. The number of rotatable bonds is 5. The lowest BCUT2D eigenvalue weighted by molar-refractivity contribution is -0.114. The molecule has 5 nitrogen and oxygen atoms in total. The van der Waals surface area contributed by atoms with Crippen molar-refractivity contribution in [2.24, 2.45) is 11.7 Å². The van der Waals surface area contributed by atoms with Gasteiger partial charge in [0.05, 0.1) is 5.56 Å². The van der Waals surface area contributed by atoms with Crippen molar-refractivity contribution in [1.29, 1.82) is 0 Å². The second kappa shape index (κ2) is 6.00. The summed E-state index contributed by atoms with van der Waals surface area (Å²) in [6.07, 6.45) is 2.08. The average Bonchev–Trinajstić information content (AvgIpc) is 3.21. The molecule has 1 aromatic rings. The molecule has 0 spiro atoms. The fourth-order valence-electron chi connectivity index (χ4n) is 2.09. The van der Waals surface area contributed by atoms with E-state index in [1.54, 1.807) is 0 Å². The molecule has 1 aromatic carbocycles. The van der Waals surface area contributed by atoms with Gasteiger partial charge in [-0.2, -0.15) is 0 Å². The summed E-state index contributed by atoms with van der Waals surface area (Å²) in [6.45, 7) is 1.68. The van der Waals surface area contributed by atoms with Crippen molar-refractivity contribution in [3.8, 4) is 0 Å². The van der Waals surface area contributed by atoms with E-state index < -0.39 is 11.7 Å². The zero-order valence-corrected chi connectivity index (χ0v) is 11.3. The van der Waals surface area contributed by atoms with Crippen molar-refractivity contribution in [2.45, 2.75) is 25.8 Å². The summed E-state index contributed by atoms with van der Waals surface area (Å²) >= 11 is 0. The minimum absolute atomic E-state index is 0.0876. The summed E-state index contributed by atoms with van der Waals surface area (Å²) in [4.78, 5) is 23.1. The quantitative estimate of drug-likeness (QED) is 0.758. The molecule has 2 amide bonds. The topological polar surface area (TPSA) is 84.2 Å². The van der Waals surface area contributed by atoms with Crippen LogP contribution in [0.25, 0.3) is 0 Å². The van der Waals surface area contributed by atoms with Crippen molar-refractivity contribution in [2.75, 3.05) is 11.9 Å². The Kier molecular flexibility index (Phi) is 4.34. The summed E-state index contributed by atoms with van der Waals surface area (Å²) < 4.78 is 13.7. The first kappa shape index (κ1) is 14.5. The summed E-state index contributed by atoms with van der Waals surface area (Å²) in [5, 5.41) is 5.27. The second-order valence-corrected chi connectivity index (χ2v) is 5.03. The molecule has 2 rings (SSSR count). The Morgan fingerprint density at radius 1 is 1.45 bits per heavy atom. The van der Waals surface area contributed by atoms with Crippen LogP contribution in [-0.2, 0) is 4.79 Å². The van der Waals surface area contributed by atoms with Crippen molar-refractivity contribution in [3.63, 3.8) is 0 Å². The van der Waals surface area contributed by atoms with Crippen LogP contribution in [0.15, 0.2) is 18.2 Å². The van der Waals surface area contributed by atoms with Gasteiger partial charge in [-0.25, -0.2) is 4.39 Å². The molecule has 0 radical (unpaired) electrons. The van der Waals surface area contributed by atoms with Gasteiger partial charge in [0, 0.05) is 25.2 Å².